The Hall–Kier alpha value is -1.94. The molecule has 1 aliphatic rings. The van der Waals surface area contributed by atoms with Crippen molar-refractivity contribution in [3.05, 3.63) is 29.8 Å². The Morgan fingerprint density at radius 2 is 2.05 bits per heavy atom. The molecular formula is C16H22N4O2. The van der Waals surface area contributed by atoms with E-state index >= 15 is 0 Å². The molecule has 2 rings (SSSR count). The molecule has 0 bridgehead atoms. The van der Waals surface area contributed by atoms with Gasteiger partial charge in [0.2, 0.25) is 5.91 Å². The van der Waals surface area contributed by atoms with Crippen LogP contribution in [0, 0.1) is 11.3 Å². The average molecular weight is 302 g/mol. The van der Waals surface area contributed by atoms with Crippen molar-refractivity contribution < 1.29 is 9.53 Å². The number of para-hydroxylation sites is 1. The highest BCUT2D eigenvalue weighted by Gasteiger charge is 2.09. The summed E-state index contributed by atoms with van der Waals surface area (Å²) in [6, 6.07) is 9.08. The van der Waals surface area contributed by atoms with E-state index in [0.717, 1.165) is 39.4 Å². The van der Waals surface area contributed by atoms with Crippen LogP contribution in [0.4, 0.5) is 5.69 Å². The van der Waals surface area contributed by atoms with Crippen LogP contribution < -0.4 is 10.6 Å². The maximum Gasteiger partial charge on any atom is 0.225 e. The number of nitriles is 1. The van der Waals surface area contributed by atoms with Crippen molar-refractivity contribution in [1.29, 1.82) is 5.26 Å². The molecule has 1 saturated heterocycles. The third-order valence-corrected chi connectivity index (χ3v) is 3.56. The first-order valence-electron chi connectivity index (χ1n) is 7.59. The molecule has 6 nitrogen and oxygen atoms in total. The van der Waals surface area contributed by atoms with Gasteiger partial charge in [0.1, 0.15) is 6.07 Å². The van der Waals surface area contributed by atoms with E-state index in [1.165, 1.54) is 0 Å². The summed E-state index contributed by atoms with van der Waals surface area (Å²) >= 11 is 0. The fraction of sp³-hybridized carbons (Fsp3) is 0.500. The number of anilines is 1. The Labute approximate surface area is 131 Å². The quantitative estimate of drug-likeness (QED) is 0.729. The number of benzene rings is 1. The van der Waals surface area contributed by atoms with Crippen LogP contribution in [0.25, 0.3) is 0 Å². The fourth-order valence-corrected chi connectivity index (χ4v) is 2.29. The highest BCUT2D eigenvalue weighted by atomic mass is 16.5. The van der Waals surface area contributed by atoms with E-state index < -0.39 is 0 Å². The minimum absolute atomic E-state index is 0.0819. The zero-order valence-corrected chi connectivity index (χ0v) is 12.7. The smallest absolute Gasteiger partial charge is 0.225 e. The molecule has 0 aliphatic carbocycles. The number of hydrogen-bond donors (Lipinski definition) is 2. The van der Waals surface area contributed by atoms with Crippen LogP contribution in [0.3, 0.4) is 0 Å². The minimum atomic E-state index is -0.0819. The number of nitrogens with one attached hydrogen (secondary N) is 2. The molecule has 1 aromatic carbocycles. The van der Waals surface area contributed by atoms with Crippen LogP contribution in [0.15, 0.2) is 24.3 Å². The van der Waals surface area contributed by atoms with Gasteiger partial charge in [-0.1, -0.05) is 12.1 Å². The number of carbonyl (C=O) groups excluding carboxylic acids is 1. The standard InChI is InChI=1S/C16H22N4O2/c17-13-14-3-1-2-4-15(14)19-16(21)5-6-18-7-8-20-9-11-22-12-10-20/h1-4,18H,5-12H2,(H,19,21). The maximum absolute atomic E-state index is 11.9. The molecule has 1 aliphatic heterocycles. The molecule has 22 heavy (non-hydrogen) atoms. The zero-order valence-electron chi connectivity index (χ0n) is 12.7. The summed E-state index contributed by atoms with van der Waals surface area (Å²) < 4.78 is 5.30. The highest BCUT2D eigenvalue weighted by molar-refractivity contribution is 5.92. The van der Waals surface area contributed by atoms with Gasteiger partial charge in [-0.3, -0.25) is 9.69 Å². The third-order valence-electron chi connectivity index (χ3n) is 3.56. The lowest BCUT2D eigenvalue weighted by atomic mass is 10.2. The zero-order chi connectivity index (χ0) is 15.6. The van der Waals surface area contributed by atoms with Crippen molar-refractivity contribution >= 4 is 11.6 Å². The summed E-state index contributed by atoms with van der Waals surface area (Å²) in [6.45, 7) is 6.04. The summed E-state index contributed by atoms with van der Waals surface area (Å²) in [7, 11) is 0. The van der Waals surface area contributed by atoms with E-state index in [0.29, 0.717) is 24.2 Å². The molecule has 118 valence electrons. The van der Waals surface area contributed by atoms with E-state index in [-0.39, 0.29) is 5.91 Å². The molecule has 0 aromatic heterocycles. The Kier molecular flexibility index (Phi) is 6.84. The van der Waals surface area contributed by atoms with Crippen LogP contribution in [0.2, 0.25) is 0 Å². The van der Waals surface area contributed by atoms with E-state index in [1.807, 2.05) is 0 Å². The number of rotatable bonds is 7. The van der Waals surface area contributed by atoms with Crippen LogP contribution in [-0.2, 0) is 9.53 Å². The summed E-state index contributed by atoms with van der Waals surface area (Å²) in [5.41, 5.74) is 1.06. The van der Waals surface area contributed by atoms with Gasteiger partial charge in [-0.25, -0.2) is 0 Å². The largest absolute Gasteiger partial charge is 0.379 e. The molecule has 6 heteroatoms. The van der Waals surface area contributed by atoms with E-state index in [4.69, 9.17) is 10.00 Å². The third kappa shape index (κ3) is 5.45. The van der Waals surface area contributed by atoms with Crippen molar-refractivity contribution in [2.75, 3.05) is 51.3 Å². The Morgan fingerprint density at radius 3 is 2.82 bits per heavy atom. The second kappa shape index (κ2) is 9.15. The van der Waals surface area contributed by atoms with Gasteiger partial charge in [-0.2, -0.15) is 5.26 Å². The molecule has 1 heterocycles. The van der Waals surface area contributed by atoms with E-state index in [2.05, 4.69) is 21.6 Å². The molecule has 1 amide bonds. The van der Waals surface area contributed by atoms with Gasteiger partial charge in [-0.15, -0.1) is 0 Å². The molecule has 0 saturated carbocycles. The second-order valence-corrected chi connectivity index (χ2v) is 5.16. The number of morpholine rings is 1. The monoisotopic (exact) mass is 302 g/mol. The second-order valence-electron chi connectivity index (χ2n) is 5.16. The van der Waals surface area contributed by atoms with Crippen molar-refractivity contribution in [2.45, 2.75) is 6.42 Å². The predicted molar refractivity (Wildman–Crippen MR) is 84.5 cm³/mol. The van der Waals surface area contributed by atoms with Gasteiger partial charge in [0.05, 0.1) is 24.5 Å². The molecule has 1 fully saturated rings. The van der Waals surface area contributed by atoms with Crippen molar-refractivity contribution in [3.8, 4) is 6.07 Å². The predicted octanol–water partition coefficient (Wildman–Crippen LogP) is 0.809. The number of carbonyl (C=O) groups is 1. The number of ether oxygens (including phenoxy) is 1. The van der Waals surface area contributed by atoms with Crippen molar-refractivity contribution in [1.82, 2.24) is 10.2 Å². The molecule has 1 aromatic rings. The van der Waals surface area contributed by atoms with Gasteiger partial charge < -0.3 is 15.4 Å². The maximum atomic E-state index is 11.9. The van der Waals surface area contributed by atoms with Gasteiger partial charge in [0.15, 0.2) is 0 Å². The van der Waals surface area contributed by atoms with Crippen LogP contribution in [0.1, 0.15) is 12.0 Å². The number of amides is 1. The first kappa shape index (κ1) is 16.4. The minimum Gasteiger partial charge on any atom is -0.379 e. The van der Waals surface area contributed by atoms with Crippen LogP contribution in [-0.4, -0.2) is 56.7 Å². The molecule has 0 atom stereocenters. The highest BCUT2D eigenvalue weighted by Crippen LogP contribution is 2.13. The molecule has 0 spiro atoms. The lowest BCUT2D eigenvalue weighted by Crippen LogP contribution is -2.40. The van der Waals surface area contributed by atoms with E-state index in [1.54, 1.807) is 24.3 Å². The van der Waals surface area contributed by atoms with Gasteiger partial charge >= 0.3 is 0 Å². The first-order chi connectivity index (χ1) is 10.8. The Morgan fingerprint density at radius 1 is 1.27 bits per heavy atom. The van der Waals surface area contributed by atoms with Crippen molar-refractivity contribution in [3.63, 3.8) is 0 Å². The topological polar surface area (TPSA) is 77.4 Å². The SMILES string of the molecule is N#Cc1ccccc1NC(=O)CCNCCN1CCOCC1. The summed E-state index contributed by atoms with van der Waals surface area (Å²) in [6.07, 6.45) is 0.392. The molecule has 0 radical (unpaired) electrons. The summed E-state index contributed by atoms with van der Waals surface area (Å²) in [5.74, 6) is -0.0819. The lowest BCUT2D eigenvalue weighted by Gasteiger charge is -2.26. The molecule has 0 unspecified atom stereocenters. The average Bonchev–Trinajstić information content (AvgIpc) is 2.56. The summed E-state index contributed by atoms with van der Waals surface area (Å²) in [5, 5.41) is 15.0. The van der Waals surface area contributed by atoms with Crippen LogP contribution >= 0.6 is 0 Å². The van der Waals surface area contributed by atoms with Crippen molar-refractivity contribution in [2.24, 2.45) is 0 Å². The Balaban J connectivity index is 1.60. The van der Waals surface area contributed by atoms with E-state index in [9.17, 15) is 4.79 Å². The van der Waals surface area contributed by atoms with Gasteiger partial charge in [0, 0.05) is 39.1 Å². The number of hydrogen-bond acceptors (Lipinski definition) is 5. The summed E-state index contributed by atoms with van der Waals surface area (Å²) in [4.78, 5) is 14.2. The fourth-order valence-electron chi connectivity index (χ4n) is 2.29. The molecule has 2 N–H and O–H groups in total. The Bertz CT molecular complexity index is 521. The van der Waals surface area contributed by atoms with Gasteiger partial charge in [-0.05, 0) is 12.1 Å². The van der Waals surface area contributed by atoms with Gasteiger partial charge in [0.25, 0.3) is 0 Å². The van der Waals surface area contributed by atoms with Crippen LogP contribution in [0.5, 0.6) is 0 Å². The molecular weight excluding hydrogens is 280 g/mol. The first-order valence-corrected chi connectivity index (χ1v) is 7.59. The lowest BCUT2D eigenvalue weighted by molar-refractivity contribution is -0.116. The number of nitrogens with zero attached hydrogens (tertiary/aromatic N) is 2. The normalized spacial score (nSPS) is 15.2.